The number of hydrogen-bond acceptors (Lipinski definition) is 2. The van der Waals surface area contributed by atoms with Crippen LogP contribution in [-0.2, 0) is 9.59 Å². The average molecular weight is 220 g/mol. The van der Waals surface area contributed by atoms with Crippen LogP contribution in [0.3, 0.4) is 0 Å². The van der Waals surface area contributed by atoms with Crippen LogP contribution in [0, 0.1) is 0 Å². The molecule has 0 saturated carbocycles. The Hall–Kier alpha value is -1.84. The summed E-state index contributed by atoms with van der Waals surface area (Å²) < 4.78 is 0. The van der Waals surface area contributed by atoms with Crippen LogP contribution in [0.25, 0.3) is 0 Å². The summed E-state index contributed by atoms with van der Waals surface area (Å²) in [5.41, 5.74) is 0.818. The quantitative estimate of drug-likeness (QED) is 0.774. The van der Waals surface area contributed by atoms with Gasteiger partial charge in [-0.05, 0) is 19.1 Å². The van der Waals surface area contributed by atoms with Crippen LogP contribution in [0.15, 0.2) is 30.3 Å². The fourth-order valence-electron chi connectivity index (χ4n) is 1.43. The summed E-state index contributed by atoms with van der Waals surface area (Å²) in [4.78, 5) is 24.5. The van der Waals surface area contributed by atoms with Gasteiger partial charge in [0.1, 0.15) is 6.42 Å². The fourth-order valence-corrected chi connectivity index (χ4v) is 1.43. The molecule has 0 fully saturated rings. The molecule has 0 spiro atoms. The molecule has 0 heterocycles. The molecule has 86 valence electrons. The second-order valence-electron chi connectivity index (χ2n) is 3.32. The summed E-state index contributed by atoms with van der Waals surface area (Å²) >= 11 is 0. The Morgan fingerprint density at radius 1 is 1.25 bits per heavy atom. The van der Waals surface area contributed by atoms with E-state index in [-0.39, 0.29) is 18.2 Å². The molecule has 0 atom stereocenters. The van der Waals surface area contributed by atoms with E-state index in [4.69, 9.17) is 0 Å². The highest BCUT2D eigenvalue weighted by molar-refractivity contribution is 6.04. The molecule has 0 aliphatic carbocycles. The Morgan fingerprint density at radius 3 is 2.38 bits per heavy atom. The standard InChI is InChI=1S/C12H16N2O2/c1-3-14(10-7-5-4-6-8-10)12(16)9-11(15)13-2/h4-8H,3,9H2,1-2H3,(H,13,15). The third-order valence-electron chi connectivity index (χ3n) is 2.28. The molecule has 1 aromatic carbocycles. The first-order chi connectivity index (χ1) is 7.69. The molecule has 0 aliphatic rings. The number of nitrogens with one attached hydrogen (secondary N) is 1. The Balaban J connectivity index is 2.75. The van der Waals surface area contributed by atoms with Gasteiger partial charge in [-0.25, -0.2) is 0 Å². The van der Waals surface area contributed by atoms with Crippen molar-refractivity contribution in [3.8, 4) is 0 Å². The van der Waals surface area contributed by atoms with Crippen molar-refractivity contribution in [2.45, 2.75) is 13.3 Å². The van der Waals surface area contributed by atoms with E-state index in [0.717, 1.165) is 5.69 Å². The second-order valence-corrected chi connectivity index (χ2v) is 3.32. The van der Waals surface area contributed by atoms with Crippen molar-refractivity contribution in [2.24, 2.45) is 0 Å². The minimum atomic E-state index is -0.264. The number of carbonyl (C=O) groups is 2. The number of rotatable bonds is 4. The number of amides is 2. The highest BCUT2D eigenvalue weighted by atomic mass is 16.2. The van der Waals surface area contributed by atoms with Gasteiger partial charge in [0.15, 0.2) is 0 Å². The topological polar surface area (TPSA) is 49.4 Å². The Labute approximate surface area is 95.3 Å². The van der Waals surface area contributed by atoms with Gasteiger partial charge in [0.25, 0.3) is 0 Å². The lowest BCUT2D eigenvalue weighted by molar-refractivity contribution is -0.127. The van der Waals surface area contributed by atoms with Gasteiger partial charge in [0, 0.05) is 19.3 Å². The smallest absolute Gasteiger partial charge is 0.236 e. The zero-order chi connectivity index (χ0) is 12.0. The van der Waals surface area contributed by atoms with Crippen LogP contribution in [0.2, 0.25) is 0 Å². The molecule has 2 amide bonds. The zero-order valence-electron chi connectivity index (χ0n) is 9.56. The fraction of sp³-hybridized carbons (Fsp3) is 0.333. The lowest BCUT2D eigenvalue weighted by Gasteiger charge is -2.20. The van der Waals surface area contributed by atoms with E-state index in [2.05, 4.69) is 5.32 Å². The highest BCUT2D eigenvalue weighted by Crippen LogP contribution is 2.13. The lowest BCUT2D eigenvalue weighted by Crippen LogP contribution is -2.34. The second kappa shape index (κ2) is 5.90. The molecule has 16 heavy (non-hydrogen) atoms. The van der Waals surface area contributed by atoms with E-state index in [0.29, 0.717) is 6.54 Å². The maximum atomic E-state index is 11.8. The Kier molecular flexibility index (Phi) is 4.51. The summed E-state index contributed by atoms with van der Waals surface area (Å²) in [6, 6.07) is 9.33. The predicted molar refractivity (Wildman–Crippen MR) is 63.2 cm³/mol. The van der Waals surface area contributed by atoms with Crippen molar-refractivity contribution in [1.29, 1.82) is 0 Å². The van der Waals surface area contributed by atoms with Crippen LogP contribution >= 0.6 is 0 Å². The van der Waals surface area contributed by atoms with Crippen molar-refractivity contribution in [3.63, 3.8) is 0 Å². The van der Waals surface area contributed by atoms with Crippen molar-refractivity contribution in [3.05, 3.63) is 30.3 Å². The average Bonchev–Trinajstić information content (AvgIpc) is 2.31. The van der Waals surface area contributed by atoms with Gasteiger partial charge in [0.2, 0.25) is 11.8 Å². The lowest BCUT2D eigenvalue weighted by atomic mass is 10.2. The summed E-state index contributed by atoms with van der Waals surface area (Å²) in [6.07, 6.45) is -0.112. The van der Waals surface area contributed by atoms with E-state index < -0.39 is 0 Å². The molecule has 0 unspecified atom stereocenters. The number of hydrogen-bond donors (Lipinski definition) is 1. The first kappa shape index (κ1) is 12.2. The number of nitrogens with zero attached hydrogens (tertiary/aromatic N) is 1. The van der Waals surface area contributed by atoms with Crippen molar-refractivity contribution < 1.29 is 9.59 Å². The van der Waals surface area contributed by atoms with Gasteiger partial charge in [-0.3, -0.25) is 9.59 Å². The SMILES string of the molecule is CCN(C(=O)CC(=O)NC)c1ccccc1. The van der Waals surface area contributed by atoms with Crippen molar-refractivity contribution in [2.75, 3.05) is 18.5 Å². The first-order valence-electron chi connectivity index (χ1n) is 5.25. The van der Waals surface area contributed by atoms with Crippen LogP contribution < -0.4 is 10.2 Å². The van der Waals surface area contributed by atoms with E-state index >= 15 is 0 Å². The van der Waals surface area contributed by atoms with Crippen LogP contribution in [0.4, 0.5) is 5.69 Å². The van der Waals surface area contributed by atoms with Gasteiger partial charge in [0.05, 0.1) is 0 Å². The molecular formula is C12H16N2O2. The van der Waals surface area contributed by atoms with E-state index in [1.807, 2.05) is 37.3 Å². The molecule has 0 aromatic heterocycles. The van der Waals surface area contributed by atoms with Crippen molar-refractivity contribution >= 4 is 17.5 Å². The third kappa shape index (κ3) is 3.08. The van der Waals surface area contributed by atoms with Gasteiger partial charge in [-0.2, -0.15) is 0 Å². The normalized spacial score (nSPS) is 9.62. The van der Waals surface area contributed by atoms with E-state index in [1.165, 1.54) is 7.05 Å². The molecular weight excluding hydrogens is 204 g/mol. The van der Waals surface area contributed by atoms with Gasteiger partial charge in [-0.15, -0.1) is 0 Å². The predicted octanol–water partition coefficient (Wildman–Crippen LogP) is 1.18. The third-order valence-corrected chi connectivity index (χ3v) is 2.28. The molecule has 4 heteroatoms. The summed E-state index contributed by atoms with van der Waals surface area (Å²) in [5.74, 6) is -0.451. The maximum Gasteiger partial charge on any atom is 0.236 e. The molecule has 0 aliphatic heterocycles. The number of benzene rings is 1. The first-order valence-corrected chi connectivity index (χ1v) is 5.25. The Morgan fingerprint density at radius 2 is 1.88 bits per heavy atom. The molecule has 0 bridgehead atoms. The van der Waals surface area contributed by atoms with Crippen molar-refractivity contribution in [1.82, 2.24) is 5.32 Å². The van der Waals surface area contributed by atoms with E-state index in [1.54, 1.807) is 4.90 Å². The Bertz CT molecular complexity index is 363. The minimum absolute atomic E-state index is 0.112. The van der Waals surface area contributed by atoms with Gasteiger partial charge in [-0.1, -0.05) is 18.2 Å². The zero-order valence-corrected chi connectivity index (χ0v) is 9.56. The minimum Gasteiger partial charge on any atom is -0.359 e. The summed E-state index contributed by atoms with van der Waals surface area (Å²) in [6.45, 7) is 2.44. The molecule has 4 nitrogen and oxygen atoms in total. The summed E-state index contributed by atoms with van der Waals surface area (Å²) in [5, 5.41) is 2.44. The largest absolute Gasteiger partial charge is 0.359 e. The van der Waals surface area contributed by atoms with Gasteiger partial charge < -0.3 is 10.2 Å². The van der Waals surface area contributed by atoms with Crippen LogP contribution in [-0.4, -0.2) is 25.4 Å². The number of carbonyl (C=O) groups excluding carboxylic acids is 2. The molecule has 0 radical (unpaired) electrons. The molecule has 1 aromatic rings. The molecule has 1 rings (SSSR count). The highest BCUT2D eigenvalue weighted by Gasteiger charge is 2.16. The maximum absolute atomic E-state index is 11.8. The number of anilines is 1. The monoisotopic (exact) mass is 220 g/mol. The molecule has 0 saturated heterocycles. The van der Waals surface area contributed by atoms with Crippen LogP contribution in [0.5, 0.6) is 0 Å². The van der Waals surface area contributed by atoms with E-state index in [9.17, 15) is 9.59 Å². The number of para-hydroxylation sites is 1. The van der Waals surface area contributed by atoms with Gasteiger partial charge >= 0.3 is 0 Å². The molecule has 1 N–H and O–H groups in total. The summed E-state index contributed by atoms with van der Waals surface area (Å²) in [7, 11) is 1.52. The van der Waals surface area contributed by atoms with Crippen LogP contribution in [0.1, 0.15) is 13.3 Å².